The first kappa shape index (κ1) is 25.9. The van der Waals surface area contributed by atoms with Gasteiger partial charge in [0.2, 0.25) is 0 Å². The van der Waals surface area contributed by atoms with Crippen molar-refractivity contribution < 1.29 is 14.5 Å². The molecule has 1 fully saturated rings. The van der Waals surface area contributed by atoms with Gasteiger partial charge in [0.25, 0.3) is 11.6 Å². The molecule has 4 aromatic rings. The fraction of sp³-hybridized carbons (Fsp3) is 0.0968. The maximum atomic E-state index is 13.5. The number of nitrogens with zero attached hydrogens (tertiary/aromatic N) is 3. The average Bonchev–Trinajstić information content (AvgIpc) is 3.24. The number of thioether (sulfide) groups is 1. The molecule has 0 radical (unpaired) electrons. The fourth-order valence-electron chi connectivity index (χ4n) is 3.89. The second-order valence-corrected chi connectivity index (χ2v) is 10.1. The monoisotopic (exact) mass is 535 g/mol. The minimum Gasteiger partial charge on any atom is -0.489 e. The summed E-state index contributed by atoms with van der Waals surface area (Å²) < 4.78 is 5.82. The number of rotatable bonds is 7. The van der Waals surface area contributed by atoms with Crippen molar-refractivity contribution in [3.63, 3.8) is 0 Å². The highest BCUT2D eigenvalue weighted by Crippen LogP contribution is 2.37. The molecule has 0 atom stereocenters. The predicted octanol–water partition coefficient (Wildman–Crippen LogP) is 7.60. The molecule has 0 bridgehead atoms. The van der Waals surface area contributed by atoms with Gasteiger partial charge in [0.05, 0.1) is 21.2 Å². The first-order valence-electron chi connectivity index (χ1n) is 12.3. The zero-order valence-electron chi connectivity index (χ0n) is 21.4. The summed E-state index contributed by atoms with van der Waals surface area (Å²) in [4.78, 5) is 30.9. The van der Waals surface area contributed by atoms with Crippen molar-refractivity contribution >= 4 is 46.0 Å². The van der Waals surface area contributed by atoms with Gasteiger partial charge in [-0.2, -0.15) is 0 Å². The average molecular weight is 536 g/mol. The minimum atomic E-state index is -0.428. The van der Waals surface area contributed by atoms with Crippen LogP contribution >= 0.6 is 11.8 Å². The second-order valence-electron chi connectivity index (χ2n) is 9.10. The summed E-state index contributed by atoms with van der Waals surface area (Å²) in [7, 11) is 0. The van der Waals surface area contributed by atoms with E-state index < -0.39 is 4.92 Å². The molecule has 1 aliphatic rings. The van der Waals surface area contributed by atoms with Crippen molar-refractivity contribution in [3.05, 3.63) is 134 Å². The lowest BCUT2D eigenvalue weighted by Crippen LogP contribution is -2.28. The van der Waals surface area contributed by atoms with Crippen LogP contribution in [0.5, 0.6) is 5.75 Å². The molecule has 1 amide bonds. The number of amides is 1. The first-order chi connectivity index (χ1) is 18.9. The Morgan fingerprint density at radius 1 is 0.872 bits per heavy atom. The molecule has 0 unspecified atom stereocenters. The molecule has 1 heterocycles. The topological polar surface area (TPSA) is 85.0 Å². The van der Waals surface area contributed by atoms with Crippen molar-refractivity contribution in [3.8, 4) is 5.75 Å². The molecule has 39 heavy (non-hydrogen) atoms. The number of anilines is 1. The third-order valence-corrected chi connectivity index (χ3v) is 7.06. The smallest absolute Gasteiger partial charge is 0.271 e. The largest absolute Gasteiger partial charge is 0.489 e. The van der Waals surface area contributed by atoms with Gasteiger partial charge in [0.1, 0.15) is 12.4 Å². The van der Waals surface area contributed by atoms with Crippen LogP contribution in [0.25, 0.3) is 6.08 Å². The summed E-state index contributed by atoms with van der Waals surface area (Å²) in [6.07, 6.45) is 1.85. The van der Waals surface area contributed by atoms with Crippen LogP contribution in [0.4, 0.5) is 17.1 Å². The third-order valence-electron chi connectivity index (χ3n) is 6.09. The molecule has 0 spiro atoms. The Bertz CT molecular complexity index is 1560. The molecular formula is C31H25N3O4S. The Morgan fingerprint density at radius 3 is 2.10 bits per heavy atom. The van der Waals surface area contributed by atoms with Crippen LogP contribution in [-0.2, 0) is 11.4 Å². The molecule has 0 saturated carbocycles. The number of ether oxygens (including phenoxy) is 1. The highest BCUT2D eigenvalue weighted by molar-refractivity contribution is 8.19. The van der Waals surface area contributed by atoms with Crippen LogP contribution in [0.15, 0.2) is 107 Å². The van der Waals surface area contributed by atoms with E-state index in [0.717, 1.165) is 33.6 Å². The summed E-state index contributed by atoms with van der Waals surface area (Å²) in [6.45, 7) is 4.32. The summed E-state index contributed by atoms with van der Waals surface area (Å²) in [5.74, 6) is 0.525. The highest BCUT2D eigenvalue weighted by Gasteiger charge is 2.34. The van der Waals surface area contributed by atoms with Crippen molar-refractivity contribution in [2.45, 2.75) is 20.5 Å². The van der Waals surface area contributed by atoms with Gasteiger partial charge in [-0.25, -0.2) is 4.99 Å². The van der Waals surface area contributed by atoms with Crippen LogP contribution in [-0.4, -0.2) is 16.0 Å². The Hall–Kier alpha value is -4.69. The number of hydrogen-bond donors (Lipinski definition) is 0. The number of non-ortho nitro benzene ring substituents is 1. The van der Waals surface area contributed by atoms with E-state index in [0.29, 0.717) is 15.8 Å². The number of aryl methyl sites for hydroxylation is 2. The maximum absolute atomic E-state index is 13.5. The molecule has 0 aromatic heterocycles. The van der Waals surface area contributed by atoms with Gasteiger partial charge < -0.3 is 4.74 Å². The van der Waals surface area contributed by atoms with Crippen LogP contribution in [0, 0.1) is 24.0 Å². The van der Waals surface area contributed by atoms with E-state index in [1.165, 1.54) is 23.9 Å². The van der Waals surface area contributed by atoms with E-state index >= 15 is 0 Å². The Balaban J connectivity index is 1.35. The SMILES string of the molecule is Cc1ccc(N=C2S/C(=C/c3ccc(OCc4ccc([N+](=O)[O-])cc4)cc3)C(=O)N2c2ccc(C)cc2)cc1. The van der Waals surface area contributed by atoms with E-state index in [1.807, 2.05) is 92.7 Å². The van der Waals surface area contributed by atoms with E-state index in [2.05, 4.69) is 0 Å². The number of nitro benzene ring substituents is 1. The zero-order chi connectivity index (χ0) is 27.4. The molecule has 194 valence electrons. The van der Waals surface area contributed by atoms with Crippen LogP contribution in [0.3, 0.4) is 0 Å². The van der Waals surface area contributed by atoms with Gasteiger partial charge in [-0.05, 0) is 91.3 Å². The standard InChI is InChI=1S/C31H25N3O4S/c1-21-3-11-25(12-4-21)32-31-33(26-13-5-22(2)6-14-26)30(35)29(39-31)19-23-9-17-28(18-10-23)38-20-24-7-15-27(16-8-24)34(36)37/h3-19H,20H2,1-2H3/b29-19+,32-31?. The van der Waals surface area contributed by atoms with Crippen molar-refractivity contribution in [1.29, 1.82) is 0 Å². The maximum Gasteiger partial charge on any atom is 0.271 e. The molecule has 1 saturated heterocycles. The van der Waals surface area contributed by atoms with E-state index in [1.54, 1.807) is 17.0 Å². The second kappa shape index (κ2) is 11.4. The number of hydrogen-bond acceptors (Lipinski definition) is 6. The lowest BCUT2D eigenvalue weighted by molar-refractivity contribution is -0.384. The number of carbonyl (C=O) groups excluding carboxylic acids is 1. The van der Waals surface area contributed by atoms with Gasteiger partial charge in [-0.1, -0.05) is 47.5 Å². The summed E-state index contributed by atoms with van der Waals surface area (Å²) in [5, 5.41) is 11.4. The summed E-state index contributed by atoms with van der Waals surface area (Å²) >= 11 is 1.34. The highest BCUT2D eigenvalue weighted by atomic mass is 32.2. The summed E-state index contributed by atoms with van der Waals surface area (Å²) in [5.41, 5.74) is 5.53. The third kappa shape index (κ3) is 6.25. The first-order valence-corrected chi connectivity index (χ1v) is 13.1. The number of nitro groups is 1. The normalized spacial score (nSPS) is 15.2. The van der Waals surface area contributed by atoms with Crippen LogP contribution in [0.1, 0.15) is 22.3 Å². The van der Waals surface area contributed by atoms with Crippen molar-refractivity contribution in [2.75, 3.05) is 4.90 Å². The molecular weight excluding hydrogens is 510 g/mol. The van der Waals surface area contributed by atoms with Gasteiger partial charge >= 0.3 is 0 Å². The van der Waals surface area contributed by atoms with Gasteiger partial charge in [0.15, 0.2) is 5.17 Å². The Kier molecular flexibility index (Phi) is 7.56. The summed E-state index contributed by atoms with van der Waals surface area (Å²) in [6, 6.07) is 29.4. The molecule has 0 N–H and O–H groups in total. The Morgan fingerprint density at radius 2 is 1.49 bits per heavy atom. The van der Waals surface area contributed by atoms with Gasteiger partial charge in [-0.3, -0.25) is 19.8 Å². The molecule has 5 rings (SSSR count). The van der Waals surface area contributed by atoms with E-state index in [9.17, 15) is 14.9 Å². The van der Waals surface area contributed by atoms with Gasteiger partial charge in [-0.15, -0.1) is 0 Å². The molecule has 8 heteroatoms. The van der Waals surface area contributed by atoms with E-state index in [-0.39, 0.29) is 18.2 Å². The van der Waals surface area contributed by atoms with Crippen molar-refractivity contribution in [2.24, 2.45) is 4.99 Å². The van der Waals surface area contributed by atoms with Crippen LogP contribution in [0.2, 0.25) is 0 Å². The van der Waals surface area contributed by atoms with Crippen molar-refractivity contribution in [1.82, 2.24) is 0 Å². The lowest BCUT2D eigenvalue weighted by Gasteiger charge is -2.16. The fourth-order valence-corrected chi connectivity index (χ4v) is 4.89. The quantitative estimate of drug-likeness (QED) is 0.138. The minimum absolute atomic E-state index is 0.0449. The number of amidine groups is 1. The number of aliphatic imine (C=N–C) groups is 1. The number of benzene rings is 4. The molecule has 4 aromatic carbocycles. The predicted molar refractivity (Wildman–Crippen MR) is 156 cm³/mol. The molecule has 0 aliphatic carbocycles. The van der Waals surface area contributed by atoms with Crippen LogP contribution < -0.4 is 9.64 Å². The van der Waals surface area contributed by atoms with E-state index in [4.69, 9.17) is 9.73 Å². The lowest BCUT2D eigenvalue weighted by atomic mass is 10.2. The number of carbonyl (C=O) groups is 1. The zero-order valence-corrected chi connectivity index (χ0v) is 22.2. The molecule has 7 nitrogen and oxygen atoms in total. The van der Waals surface area contributed by atoms with Gasteiger partial charge in [0, 0.05) is 12.1 Å². The Labute approximate surface area is 230 Å². The molecule has 1 aliphatic heterocycles.